The van der Waals surface area contributed by atoms with Crippen LogP contribution in [0.5, 0.6) is 0 Å². The molecule has 0 spiro atoms. The van der Waals surface area contributed by atoms with Crippen LogP contribution in [0.2, 0.25) is 0 Å². The Morgan fingerprint density at radius 2 is 2.07 bits per heavy atom. The third-order valence-electron chi connectivity index (χ3n) is 2.72. The van der Waals surface area contributed by atoms with E-state index in [-0.39, 0.29) is 12.1 Å². The lowest BCUT2D eigenvalue weighted by atomic mass is 10.1. The standard InChI is InChI=1S/C12H17NO/c1-8(2)13-12-10-6-4-3-5-9(10)7-11(12)14/h3-6,8,11-14H,7H2,1-2H3/t11-,12?/m1/s1. The van der Waals surface area contributed by atoms with Crippen LogP contribution < -0.4 is 5.32 Å². The van der Waals surface area contributed by atoms with E-state index >= 15 is 0 Å². The molecule has 1 aliphatic carbocycles. The van der Waals surface area contributed by atoms with Gasteiger partial charge in [-0.15, -0.1) is 0 Å². The van der Waals surface area contributed by atoms with Crippen LogP contribution >= 0.6 is 0 Å². The molecule has 0 aliphatic heterocycles. The number of hydrogen-bond acceptors (Lipinski definition) is 2. The summed E-state index contributed by atoms with van der Waals surface area (Å²) in [4.78, 5) is 0. The minimum atomic E-state index is -0.269. The van der Waals surface area contributed by atoms with Gasteiger partial charge in [0.2, 0.25) is 0 Å². The Hall–Kier alpha value is -0.860. The van der Waals surface area contributed by atoms with Crippen LogP contribution in [-0.4, -0.2) is 17.3 Å². The van der Waals surface area contributed by atoms with Gasteiger partial charge in [-0.1, -0.05) is 38.1 Å². The maximum Gasteiger partial charge on any atom is 0.0775 e. The van der Waals surface area contributed by atoms with E-state index < -0.39 is 0 Å². The van der Waals surface area contributed by atoms with E-state index in [0.717, 1.165) is 6.42 Å². The Bertz CT molecular complexity index is 322. The summed E-state index contributed by atoms with van der Waals surface area (Å²) in [7, 11) is 0. The summed E-state index contributed by atoms with van der Waals surface area (Å²) in [6, 6.07) is 8.79. The van der Waals surface area contributed by atoms with Gasteiger partial charge in [-0.3, -0.25) is 0 Å². The molecular formula is C12H17NO. The summed E-state index contributed by atoms with van der Waals surface area (Å²) in [6.07, 6.45) is 0.510. The largest absolute Gasteiger partial charge is 0.391 e. The molecule has 14 heavy (non-hydrogen) atoms. The van der Waals surface area contributed by atoms with Crippen molar-refractivity contribution in [2.24, 2.45) is 0 Å². The number of aliphatic hydroxyl groups excluding tert-OH is 1. The molecule has 2 atom stereocenters. The van der Waals surface area contributed by atoms with E-state index in [0.29, 0.717) is 6.04 Å². The predicted octanol–water partition coefficient (Wildman–Crippen LogP) is 1.64. The van der Waals surface area contributed by atoms with Crippen molar-refractivity contribution >= 4 is 0 Å². The SMILES string of the molecule is CC(C)NC1c2ccccc2C[C@H]1O. The summed E-state index contributed by atoms with van der Waals surface area (Å²) in [5, 5.41) is 13.3. The van der Waals surface area contributed by atoms with Crippen LogP contribution in [0.1, 0.15) is 31.0 Å². The maximum atomic E-state index is 9.90. The quantitative estimate of drug-likeness (QED) is 0.745. The van der Waals surface area contributed by atoms with Gasteiger partial charge in [-0.25, -0.2) is 0 Å². The van der Waals surface area contributed by atoms with Crippen molar-refractivity contribution in [1.29, 1.82) is 0 Å². The van der Waals surface area contributed by atoms with E-state index in [2.05, 4.69) is 31.3 Å². The second-order valence-electron chi connectivity index (χ2n) is 4.27. The first-order chi connectivity index (χ1) is 6.68. The van der Waals surface area contributed by atoms with Crippen LogP contribution in [0.15, 0.2) is 24.3 Å². The Labute approximate surface area is 85.0 Å². The van der Waals surface area contributed by atoms with Gasteiger partial charge in [-0.05, 0) is 11.1 Å². The second kappa shape index (κ2) is 3.71. The number of hydrogen-bond donors (Lipinski definition) is 2. The lowest BCUT2D eigenvalue weighted by Gasteiger charge is -2.20. The maximum absolute atomic E-state index is 9.90. The molecule has 0 saturated heterocycles. The van der Waals surface area contributed by atoms with Gasteiger partial charge >= 0.3 is 0 Å². The fraction of sp³-hybridized carbons (Fsp3) is 0.500. The van der Waals surface area contributed by atoms with Crippen molar-refractivity contribution in [2.45, 2.75) is 38.5 Å². The van der Waals surface area contributed by atoms with Gasteiger partial charge in [0.15, 0.2) is 0 Å². The zero-order valence-corrected chi connectivity index (χ0v) is 8.70. The molecule has 0 amide bonds. The third kappa shape index (κ3) is 1.68. The van der Waals surface area contributed by atoms with Gasteiger partial charge < -0.3 is 10.4 Å². The second-order valence-corrected chi connectivity index (χ2v) is 4.27. The highest BCUT2D eigenvalue weighted by molar-refractivity contribution is 5.36. The van der Waals surface area contributed by atoms with Gasteiger partial charge in [0.25, 0.3) is 0 Å². The van der Waals surface area contributed by atoms with E-state index in [9.17, 15) is 5.11 Å². The molecule has 0 fully saturated rings. The lowest BCUT2D eigenvalue weighted by Crippen LogP contribution is -2.33. The fourth-order valence-electron chi connectivity index (χ4n) is 2.13. The Balaban J connectivity index is 2.25. The van der Waals surface area contributed by atoms with Crippen molar-refractivity contribution in [3.8, 4) is 0 Å². The van der Waals surface area contributed by atoms with E-state index in [1.165, 1.54) is 11.1 Å². The number of aliphatic hydroxyl groups is 1. The normalized spacial score (nSPS) is 25.4. The molecule has 0 radical (unpaired) electrons. The molecule has 1 aromatic carbocycles. The summed E-state index contributed by atoms with van der Waals surface area (Å²) in [5.74, 6) is 0. The molecular weight excluding hydrogens is 174 g/mol. The molecule has 76 valence electrons. The molecule has 2 rings (SSSR count). The van der Waals surface area contributed by atoms with Crippen molar-refractivity contribution in [3.05, 3.63) is 35.4 Å². The molecule has 0 bridgehead atoms. The average Bonchev–Trinajstić information content (AvgIpc) is 2.43. The summed E-state index contributed by atoms with van der Waals surface area (Å²) in [6.45, 7) is 4.21. The molecule has 0 heterocycles. The van der Waals surface area contributed by atoms with Gasteiger partial charge in [0.05, 0.1) is 12.1 Å². The highest BCUT2D eigenvalue weighted by Crippen LogP contribution is 2.31. The highest BCUT2D eigenvalue weighted by Gasteiger charge is 2.30. The fourth-order valence-corrected chi connectivity index (χ4v) is 2.13. The van der Waals surface area contributed by atoms with Crippen molar-refractivity contribution in [3.63, 3.8) is 0 Å². The Kier molecular flexibility index (Phi) is 2.57. The van der Waals surface area contributed by atoms with Gasteiger partial charge in [0, 0.05) is 12.5 Å². The number of nitrogens with one attached hydrogen (secondary N) is 1. The van der Waals surface area contributed by atoms with Crippen molar-refractivity contribution in [2.75, 3.05) is 0 Å². The van der Waals surface area contributed by atoms with Gasteiger partial charge in [0.1, 0.15) is 0 Å². The van der Waals surface area contributed by atoms with Crippen LogP contribution in [0.25, 0.3) is 0 Å². The predicted molar refractivity (Wildman–Crippen MR) is 57.2 cm³/mol. The molecule has 2 heteroatoms. The number of fused-ring (bicyclic) bond motifs is 1. The van der Waals surface area contributed by atoms with E-state index in [1.807, 2.05) is 12.1 Å². The molecule has 1 aromatic rings. The number of benzene rings is 1. The molecule has 1 unspecified atom stereocenters. The minimum absolute atomic E-state index is 0.117. The molecule has 0 saturated carbocycles. The van der Waals surface area contributed by atoms with Crippen molar-refractivity contribution < 1.29 is 5.11 Å². The van der Waals surface area contributed by atoms with E-state index in [1.54, 1.807) is 0 Å². The smallest absolute Gasteiger partial charge is 0.0775 e. The first-order valence-corrected chi connectivity index (χ1v) is 5.20. The van der Waals surface area contributed by atoms with Crippen LogP contribution in [0.4, 0.5) is 0 Å². The first-order valence-electron chi connectivity index (χ1n) is 5.20. The Morgan fingerprint density at radius 3 is 2.79 bits per heavy atom. The van der Waals surface area contributed by atoms with Crippen LogP contribution in [0, 0.1) is 0 Å². The Morgan fingerprint density at radius 1 is 1.36 bits per heavy atom. The van der Waals surface area contributed by atoms with Crippen LogP contribution in [0.3, 0.4) is 0 Å². The third-order valence-corrected chi connectivity index (χ3v) is 2.72. The highest BCUT2D eigenvalue weighted by atomic mass is 16.3. The summed E-state index contributed by atoms with van der Waals surface area (Å²) >= 11 is 0. The zero-order valence-electron chi connectivity index (χ0n) is 8.70. The number of rotatable bonds is 2. The first kappa shape index (κ1) is 9.69. The zero-order chi connectivity index (χ0) is 10.1. The molecule has 2 nitrogen and oxygen atoms in total. The minimum Gasteiger partial charge on any atom is -0.391 e. The van der Waals surface area contributed by atoms with Crippen molar-refractivity contribution in [1.82, 2.24) is 5.32 Å². The topological polar surface area (TPSA) is 32.3 Å². The van der Waals surface area contributed by atoms with Gasteiger partial charge in [-0.2, -0.15) is 0 Å². The average molecular weight is 191 g/mol. The monoisotopic (exact) mass is 191 g/mol. The molecule has 0 aromatic heterocycles. The molecule has 2 N–H and O–H groups in total. The van der Waals surface area contributed by atoms with Crippen LogP contribution in [-0.2, 0) is 6.42 Å². The summed E-state index contributed by atoms with van der Waals surface area (Å²) < 4.78 is 0. The molecule has 1 aliphatic rings. The lowest BCUT2D eigenvalue weighted by molar-refractivity contribution is 0.137. The van der Waals surface area contributed by atoms with E-state index in [4.69, 9.17) is 0 Å². The summed E-state index contributed by atoms with van der Waals surface area (Å²) in [5.41, 5.74) is 2.53.